The first kappa shape index (κ1) is 24.8. The molecule has 0 atom stereocenters. The number of nitrogens with one attached hydrogen (secondary N) is 1. The van der Waals surface area contributed by atoms with Gasteiger partial charge in [-0.1, -0.05) is 35.5 Å². The third-order valence-corrected chi connectivity index (χ3v) is 6.84. The van der Waals surface area contributed by atoms with E-state index in [0.717, 1.165) is 22.6 Å². The van der Waals surface area contributed by atoms with E-state index in [2.05, 4.69) is 20.7 Å². The lowest BCUT2D eigenvalue weighted by Gasteiger charge is -2.11. The zero-order valence-electron chi connectivity index (χ0n) is 19.0. The van der Waals surface area contributed by atoms with Crippen molar-refractivity contribution >= 4 is 47.2 Å². The van der Waals surface area contributed by atoms with Crippen LogP contribution in [0.15, 0.2) is 87.9 Å². The van der Waals surface area contributed by atoms with Crippen molar-refractivity contribution in [1.82, 2.24) is 20.2 Å². The molecule has 0 unspecified atom stereocenters. The van der Waals surface area contributed by atoms with Gasteiger partial charge in [0.05, 0.1) is 19.1 Å². The van der Waals surface area contributed by atoms with E-state index in [1.807, 2.05) is 71.5 Å². The first-order valence-corrected chi connectivity index (χ1v) is 13.1. The van der Waals surface area contributed by atoms with Crippen LogP contribution >= 0.6 is 35.1 Å². The molecule has 0 radical (unpaired) electrons. The van der Waals surface area contributed by atoms with Gasteiger partial charge in [-0.05, 0) is 72.5 Å². The highest BCUT2D eigenvalue weighted by atomic mass is 35.5. The second-order valence-electron chi connectivity index (χ2n) is 7.20. The maximum atomic E-state index is 12.4. The van der Waals surface area contributed by atoms with Crippen LogP contribution in [-0.2, 0) is 4.79 Å². The first-order chi connectivity index (χ1) is 17.1. The molecule has 1 N–H and O–H groups in total. The number of carbonyl (C=O) groups is 1. The molecule has 10 heteroatoms. The number of methoxy groups -OCH3 is 1. The number of thioether (sulfide) groups is 2. The number of hydrazone groups is 1. The van der Waals surface area contributed by atoms with Crippen LogP contribution < -0.4 is 10.2 Å². The minimum atomic E-state index is -0.247. The summed E-state index contributed by atoms with van der Waals surface area (Å²) in [6, 6.07) is 22.8. The molecular weight excluding hydrogens is 502 g/mol. The Balaban J connectivity index is 1.49. The Kier molecular flexibility index (Phi) is 8.46. The molecule has 0 bridgehead atoms. The van der Waals surface area contributed by atoms with Gasteiger partial charge in [0, 0.05) is 21.2 Å². The molecule has 4 rings (SSSR count). The van der Waals surface area contributed by atoms with Crippen molar-refractivity contribution in [2.45, 2.75) is 10.1 Å². The van der Waals surface area contributed by atoms with E-state index in [1.54, 1.807) is 37.2 Å². The summed E-state index contributed by atoms with van der Waals surface area (Å²) < 4.78 is 7.15. The predicted octanol–water partition coefficient (Wildman–Crippen LogP) is 5.56. The summed E-state index contributed by atoms with van der Waals surface area (Å²) in [5.74, 6) is 1.27. The molecule has 1 amide bonds. The Bertz CT molecular complexity index is 1310. The van der Waals surface area contributed by atoms with Crippen LogP contribution in [0, 0.1) is 0 Å². The van der Waals surface area contributed by atoms with Gasteiger partial charge in [0.25, 0.3) is 5.91 Å². The fraction of sp³-hybridized carbons (Fsp3) is 0.120. The normalized spacial score (nSPS) is 11.1. The molecule has 35 heavy (non-hydrogen) atoms. The van der Waals surface area contributed by atoms with Gasteiger partial charge in [-0.3, -0.25) is 9.36 Å². The highest BCUT2D eigenvalue weighted by molar-refractivity contribution is 7.99. The van der Waals surface area contributed by atoms with E-state index in [0.29, 0.717) is 16.0 Å². The largest absolute Gasteiger partial charge is 0.497 e. The molecule has 0 fully saturated rings. The van der Waals surface area contributed by atoms with E-state index in [-0.39, 0.29) is 11.7 Å². The number of ether oxygens (including phenoxy) is 1. The number of nitrogens with zero attached hydrogens (tertiary/aromatic N) is 4. The molecule has 3 aromatic carbocycles. The summed E-state index contributed by atoms with van der Waals surface area (Å²) in [6.07, 6.45) is 3.64. The van der Waals surface area contributed by atoms with Crippen LogP contribution in [0.25, 0.3) is 17.1 Å². The quantitative estimate of drug-likeness (QED) is 0.176. The minimum Gasteiger partial charge on any atom is -0.497 e. The Morgan fingerprint density at radius 3 is 2.43 bits per heavy atom. The monoisotopic (exact) mass is 523 g/mol. The average molecular weight is 524 g/mol. The van der Waals surface area contributed by atoms with Gasteiger partial charge >= 0.3 is 0 Å². The van der Waals surface area contributed by atoms with Gasteiger partial charge in [0.2, 0.25) is 0 Å². The Hall–Kier alpha value is -3.27. The van der Waals surface area contributed by atoms with E-state index >= 15 is 0 Å². The minimum absolute atomic E-state index is 0.122. The number of halogens is 1. The number of carbonyl (C=O) groups excluding carboxylic acids is 1. The molecule has 178 valence electrons. The number of hydrogen-bond acceptors (Lipinski definition) is 7. The van der Waals surface area contributed by atoms with Crippen molar-refractivity contribution in [3.8, 4) is 22.8 Å². The number of benzene rings is 3. The average Bonchev–Trinajstić information content (AvgIpc) is 3.32. The van der Waals surface area contributed by atoms with Gasteiger partial charge in [-0.2, -0.15) is 5.10 Å². The van der Waals surface area contributed by atoms with Crippen LogP contribution in [0.1, 0.15) is 5.56 Å². The lowest BCUT2D eigenvalue weighted by molar-refractivity contribution is -0.118. The lowest BCUT2D eigenvalue weighted by Crippen LogP contribution is -2.20. The van der Waals surface area contributed by atoms with Gasteiger partial charge in [0.15, 0.2) is 11.0 Å². The van der Waals surface area contributed by atoms with E-state index in [1.165, 1.54) is 16.7 Å². The van der Waals surface area contributed by atoms with Crippen molar-refractivity contribution in [2.75, 3.05) is 19.1 Å². The number of hydrogen-bond donors (Lipinski definition) is 1. The molecule has 0 saturated carbocycles. The lowest BCUT2D eigenvalue weighted by atomic mass is 10.2. The molecule has 0 aliphatic heterocycles. The molecule has 0 spiro atoms. The molecule has 1 aromatic heterocycles. The smallest absolute Gasteiger partial charge is 0.250 e. The van der Waals surface area contributed by atoms with E-state index < -0.39 is 0 Å². The van der Waals surface area contributed by atoms with Crippen LogP contribution in [0.2, 0.25) is 5.02 Å². The summed E-state index contributed by atoms with van der Waals surface area (Å²) in [5, 5.41) is 14.0. The van der Waals surface area contributed by atoms with Crippen LogP contribution in [0.4, 0.5) is 0 Å². The fourth-order valence-electron chi connectivity index (χ4n) is 3.14. The second kappa shape index (κ2) is 11.9. The van der Waals surface area contributed by atoms with Crippen molar-refractivity contribution in [1.29, 1.82) is 0 Å². The van der Waals surface area contributed by atoms with Crippen molar-refractivity contribution < 1.29 is 9.53 Å². The van der Waals surface area contributed by atoms with Crippen molar-refractivity contribution in [3.05, 3.63) is 83.4 Å². The molecule has 0 aliphatic carbocycles. The van der Waals surface area contributed by atoms with Crippen LogP contribution in [-0.4, -0.2) is 46.0 Å². The highest BCUT2D eigenvalue weighted by Gasteiger charge is 2.17. The van der Waals surface area contributed by atoms with E-state index in [4.69, 9.17) is 16.3 Å². The fourth-order valence-corrected chi connectivity index (χ4v) is 4.42. The Morgan fingerprint density at radius 1 is 1.06 bits per heavy atom. The van der Waals surface area contributed by atoms with E-state index in [9.17, 15) is 4.79 Å². The van der Waals surface area contributed by atoms with Gasteiger partial charge in [-0.25, -0.2) is 5.43 Å². The van der Waals surface area contributed by atoms with Crippen LogP contribution in [0.3, 0.4) is 0 Å². The van der Waals surface area contributed by atoms with Gasteiger partial charge in [0.1, 0.15) is 5.75 Å². The summed E-state index contributed by atoms with van der Waals surface area (Å²) in [7, 11) is 1.62. The van der Waals surface area contributed by atoms with Gasteiger partial charge in [-0.15, -0.1) is 22.0 Å². The maximum Gasteiger partial charge on any atom is 0.250 e. The zero-order valence-corrected chi connectivity index (χ0v) is 21.4. The maximum absolute atomic E-state index is 12.4. The first-order valence-electron chi connectivity index (χ1n) is 10.5. The SMILES string of the molecule is COc1ccc(-c2nnc(SCC(=O)NN=Cc3ccc(SC)cc3)n2-c2ccc(Cl)cc2)cc1. The molecule has 0 aliphatic rings. The number of aromatic nitrogens is 3. The number of amides is 1. The molecule has 1 heterocycles. The van der Waals surface area contributed by atoms with Gasteiger partial charge < -0.3 is 4.74 Å². The third-order valence-electron chi connectivity index (χ3n) is 4.92. The summed E-state index contributed by atoms with van der Waals surface area (Å²) in [4.78, 5) is 13.6. The van der Waals surface area contributed by atoms with Crippen molar-refractivity contribution in [3.63, 3.8) is 0 Å². The summed E-state index contributed by atoms with van der Waals surface area (Å²) in [5.41, 5.74) is 5.16. The topological polar surface area (TPSA) is 81.4 Å². The highest BCUT2D eigenvalue weighted by Crippen LogP contribution is 2.29. The molecule has 7 nitrogen and oxygen atoms in total. The summed E-state index contributed by atoms with van der Waals surface area (Å²) >= 11 is 9.03. The predicted molar refractivity (Wildman–Crippen MR) is 143 cm³/mol. The summed E-state index contributed by atoms with van der Waals surface area (Å²) in [6.45, 7) is 0. The van der Waals surface area contributed by atoms with Crippen molar-refractivity contribution in [2.24, 2.45) is 5.10 Å². The Labute approximate surface area is 216 Å². The second-order valence-corrected chi connectivity index (χ2v) is 9.46. The Morgan fingerprint density at radius 2 is 1.77 bits per heavy atom. The zero-order chi connectivity index (χ0) is 24.6. The molecular formula is C25H22ClN5O2S2. The van der Waals surface area contributed by atoms with Crippen LogP contribution in [0.5, 0.6) is 5.75 Å². The molecule has 0 saturated heterocycles. The number of rotatable bonds is 9. The standard InChI is InChI=1S/C25H22ClN5O2S2/c1-33-21-11-5-18(6-12-21)24-29-30-25(31(24)20-9-7-19(26)8-10-20)35-16-23(32)28-27-15-17-3-13-22(34-2)14-4-17/h3-15H,16H2,1-2H3,(H,28,32). The third kappa shape index (κ3) is 6.45. The molecule has 4 aromatic rings.